The molecule has 7 nitrogen and oxygen atoms in total. The molecule has 3 aliphatic rings. The Kier molecular flexibility index (Phi) is 5.04. The molecule has 3 heterocycles. The first-order valence-corrected chi connectivity index (χ1v) is 9.97. The SMILES string of the molecule is CN(C(=O)N1C[C@@H]2CC[C@H]1CN(S(=O)(=O)N(C)C)C2)c1ccccc1. The lowest BCUT2D eigenvalue weighted by atomic mass is 9.95. The van der Waals surface area contributed by atoms with Crippen LogP contribution >= 0.6 is 0 Å². The third-order valence-electron chi connectivity index (χ3n) is 5.14. The summed E-state index contributed by atoms with van der Waals surface area (Å²) in [6.45, 7) is 1.46. The summed E-state index contributed by atoms with van der Waals surface area (Å²) < 4.78 is 27.8. The first-order valence-electron chi connectivity index (χ1n) is 8.57. The number of anilines is 1. The van der Waals surface area contributed by atoms with E-state index in [0.717, 1.165) is 18.5 Å². The lowest BCUT2D eigenvalue weighted by Gasteiger charge is -2.38. The zero-order valence-electron chi connectivity index (χ0n) is 15.0. The monoisotopic (exact) mass is 366 g/mol. The van der Waals surface area contributed by atoms with Crippen LogP contribution in [-0.2, 0) is 10.2 Å². The van der Waals surface area contributed by atoms with Crippen molar-refractivity contribution in [1.82, 2.24) is 13.5 Å². The molecule has 0 radical (unpaired) electrons. The number of hydrogen-bond donors (Lipinski definition) is 0. The normalized spacial score (nSPS) is 24.4. The van der Waals surface area contributed by atoms with Crippen molar-refractivity contribution < 1.29 is 13.2 Å². The van der Waals surface area contributed by atoms with Crippen molar-refractivity contribution in [1.29, 1.82) is 0 Å². The lowest BCUT2D eigenvalue weighted by Crippen LogP contribution is -2.52. The highest BCUT2D eigenvalue weighted by molar-refractivity contribution is 7.86. The quantitative estimate of drug-likeness (QED) is 0.813. The summed E-state index contributed by atoms with van der Waals surface area (Å²) in [4.78, 5) is 16.5. The van der Waals surface area contributed by atoms with Crippen molar-refractivity contribution >= 4 is 21.9 Å². The van der Waals surface area contributed by atoms with Gasteiger partial charge in [-0.15, -0.1) is 0 Å². The van der Waals surface area contributed by atoms with Crippen LogP contribution in [0.1, 0.15) is 12.8 Å². The summed E-state index contributed by atoms with van der Waals surface area (Å²) in [6.07, 6.45) is 1.81. The molecule has 8 heteroatoms. The Morgan fingerprint density at radius 2 is 1.72 bits per heavy atom. The van der Waals surface area contributed by atoms with Crippen molar-refractivity contribution in [2.24, 2.45) is 5.92 Å². The lowest BCUT2D eigenvalue weighted by molar-refractivity contribution is 0.148. The van der Waals surface area contributed by atoms with Gasteiger partial charge in [0.1, 0.15) is 0 Å². The molecular weight excluding hydrogens is 340 g/mol. The van der Waals surface area contributed by atoms with Gasteiger partial charge in [-0.05, 0) is 30.9 Å². The molecule has 0 unspecified atom stereocenters. The third-order valence-corrected chi connectivity index (χ3v) is 7.02. The fourth-order valence-electron chi connectivity index (χ4n) is 3.65. The Morgan fingerprint density at radius 3 is 2.36 bits per heavy atom. The van der Waals surface area contributed by atoms with E-state index in [1.807, 2.05) is 35.2 Å². The smallest absolute Gasteiger partial charge is 0.320 e. The molecule has 4 rings (SSSR count). The predicted octanol–water partition coefficient (Wildman–Crippen LogP) is 1.45. The second-order valence-corrected chi connectivity index (χ2v) is 9.18. The highest BCUT2D eigenvalue weighted by Crippen LogP contribution is 2.31. The number of nitrogens with zero attached hydrogens (tertiary/aromatic N) is 4. The summed E-state index contributed by atoms with van der Waals surface area (Å²) in [5.41, 5.74) is 0.838. The van der Waals surface area contributed by atoms with Crippen LogP contribution in [0, 0.1) is 5.92 Å². The van der Waals surface area contributed by atoms with Gasteiger partial charge in [-0.25, -0.2) is 4.79 Å². The van der Waals surface area contributed by atoms with E-state index in [1.54, 1.807) is 26.0 Å². The molecule has 3 fully saturated rings. The van der Waals surface area contributed by atoms with Gasteiger partial charge < -0.3 is 4.90 Å². The summed E-state index contributed by atoms with van der Waals surface area (Å²) in [5.74, 6) is 0.182. The number of piperidine rings is 1. The van der Waals surface area contributed by atoms with Gasteiger partial charge in [-0.2, -0.15) is 17.0 Å². The zero-order valence-corrected chi connectivity index (χ0v) is 15.8. The third kappa shape index (κ3) is 3.51. The van der Waals surface area contributed by atoms with Gasteiger partial charge in [0.15, 0.2) is 0 Å². The van der Waals surface area contributed by atoms with E-state index in [4.69, 9.17) is 0 Å². The number of amides is 2. The number of para-hydroxylation sites is 1. The van der Waals surface area contributed by atoms with E-state index in [-0.39, 0.29) is 18.0 Å². The summed E-state index contributed by atoms with van der Waals surface area (Å²) >= 11 is 0. The molecule has 0 spiro atoms. The first kappa shape index (κ1) is 18.2. The molecule has 25 heavy (non-hydrogen) atoms. The van der Waals surface area contributed by atoms with E-state index in [0.29, 0.717) is 19.6 Å². The minimum Gasteiger partial charge on any atom is -0.320 e. The molecule has 2 bridgehead atoms. The number of carbonyl (C=O) groups excluding carboxylic acids is 1. The van der Waals surface area contributed by atoms with E-state index in [2.05, 4.69) is 0 Å². The van der Waals surface area contributed by atoms with Crippen LogP contribution in [0.2, 0.25) is 0 Å². The molecule has 0 N–H and O–H groups in total. The van der Waals surface area contributed by atoms with Crippen LogP contribution in [0.4, 0.5) is 10.5 Å². The maximum absolute atomic E-state index is 13.0. The molecule has 3 aliphatic heterocycles. The van der Waals surface area contributed by atoms with E-state index in [9.17, 15) is 13.2 Å². The molecular formula is C17H26N4O3S. The molecule has 2 atom stereocenters. The zero-order chi connectivity index (χ0) is 18.2. The van der Waals surface area contributed by atoms with Crippen LogP contribution in [0.25, 0.3) is 0 Å². The maximum atomic E-state index is 13.0. The van der Waals surface area contributed by atoms with E-state index < -0.39 is 10.2 Å². The van der Waals surface area contributed by atoms with Crippen LogP contribution in [-0.4, -0.2) is 74.8 Å². The number of urea groups is 1. The molecule has 0 aliphatic carbocycles. The van der Waals surface area contributed by atoms with Gasteiger partial charge in [-0.1, -0.05) is 18.2 Å². The van der Waals surface area contributed by atoms with Crippen molar-refractivity contribution in [3.8, 4) is 0 Å². The molecule has 1 aromatic rings. The van der Waals surface area contributed by atoms with Gasteiger partial charge in [0.05, 0.1) is 0 Å². The van der Waals surface area contributed by atoms with Gasteiger partial charge >= 0.3 is 6.03 Å². The second-order valence-electron chi connectivity index (χ2n) is 7.03. The Hall–Kier alpha value is -1.64. The van der Waals surface area contributed by atoms with Crippen molar-refractivity contribution in [2.45, 2.75) is 18.9 Å². The van der Waals surface area contributed by atoms with Gasteiger partial charge in [0, 0.05) is 52.5 Å². The number of hydrogen-bond acceptors (Lipinski definition) is 3. The number of carbonyl (C=O) groups is 1. The molecule has 3 saturated heterocycles. The molecule has 2 amide bonds. The Morgan fingerprint density at radius 1 is 1.04 bits per heavy atom. The fraction of sp³-hybridized carbons (Fsp3) is 0.588. The number of benzene rings is 1. The molecule has 0 saturated carbocycles. The summed E-state index contributed by atoms with van der Waals surface area (Å²) in [5, 5.41) is 0. The largest absolute Gasteiger partial charge is 0.324 e. The molecule has 1 aromatic carbocycles. The first-order chi connectivity index (χ1) is 11.8. The minimum atomic E-state index is -3.46. The van der Waals surface area contributed by atoms with Crippen LogP contribution in [0.5, 0.6) is 0 Å². The Bertz CT molecular complexity index is 723. The number of fused-ring (bicyclic) bond motifs is 4. The fourth-order valence-corrected chi connectivity index (χ4v) is 4.87. The standard InChI is InChI=1S/C17H26N4O3S/c1-18(2)25(23,24)20-11-14-9-10-16(13-20)21(12-14)17(22)19(3)15-7-5-4-6-8-15/h4-8,14,16H,9-13H2,1-3H3/t14-,16+/m1/s1. The highest BCUT2D eigenvalue weighted by Gasteiger charge is 2.42. The van der Waals surface area contributed by atoms with Crippen molar-refractivity contribution in [2.75, 3.05) is 45.7 Å². The van der Waals surface area contributed by atoms with Crippen LogP contribution < -0.4 is 4.90 Å². The average Bonchev–Trinajstić information content (AvgIpc) is 2.93. The Labute approximate surface area is 150 Å². The minimum absolute atomic E-state index is 0.0648. The topological polar surface area (TPSA) is 64.2 Å². The van der Waals surface area contributed by atoms with Gasteiger partial charge in [0.2, 0.25) is 0 Å². The van der Waals surface area contributed by atoms with Crippen LogP contribution in [0.15, 0.2) is 30.3 Å². The van der Waals surface area contributed by atoms with Gasteiger partial charge in [0.25, 0.3) is 10.2 Å². The number of rotatable bonds is 3. The summed E-state index contributed by atoms with van der Waals surface area (Å²) in [6, 6.07) is 9.38. The average molecular weight is 366 g/mol. The molecule has 138 valence electrons. The highest BCUT2D eigenvalue weighted by atomic mass is 32.2. The Balaban J connectivity index is 1.80. The van der Waals surface area contributed by atoms with Crippen molar-refractivity contribution in [3.05, 3.63) is 30.3 Å². The van der Waals surface area contributed by atoms with Crippen molar-refractivity contribution in [3.63, 3.8) is 0 Å². The summed E-state index contributed by atoms with van der Waals surface area (Å²) in [7, 11) is 1.41. The van der Waals surface area contributed by atoms with E-state index in [1.165, 1.54) is 8.61 Å². The van der Waals surface area contributed by atoms with Gasteiger partial charge in [-0.3, -0.25) is 4.90 Å². The van der Waals surface area contributed by atoms with Crippen LogP contribution in [0.3, 0.4) is 0 Å². The predicted molar refractivity (Wildman–Crippen MR) is 97.6 cm³/mol. The van der Waals surface area contributed by atoms with E-state index >= 15 is 0 Å². The maximum Gasteiger partial charge on any atom is 0.324 e. The second kappa shape index (κ2) is 6.93. The molecule has 0 aromatic heterocycles.